The number of nitrogens with zero attached hydrogens (tertiary/aromatic N) is 3. The number of likely N-dealkylation sites (N-methyl/N-ethyl adjacent to an activating group) is 1. The van der Waals surface area contributed by atoms with Gasteiger partial charge in [-0.25, -0.2) is 4.79 Å². The quantitative estimate of drug-likeness (QED) is 0.562. The van der Waals surface area contributed by atoms with Crippen molar-refractivity contribution in [2.75, 3.05) is 27.8 Å². The molecule has 0 unspecified atom stereocenters. The second-order valence-electron chi connectivity index (χ2n) is 7.00. The topological polar surface area (TPSA) is 48.6 Å². The highest BCUT2D eigenvalue weighted by Crippen LogP contribution is 2.27. The van der Waals surface area contributed by atoms with Crippen molar-refractivity contribution < 1.29 is 9.47 Å². The summed E-state index contributed by atoms with van der Waals surface area (Å²) >= 11 is 5.96. The number of hydrogen-bond acceptors (Lipinski definition) is 4. The molecule has 6 nitrogen and oxygen atoms in total. The van der Waals surface area contributed by atoms with Crippen molar-refractivity contribution in [2.45, 2.75) is 20.0 Å². The van der Waals surface area contributed by atoms with E-state index in [2.05, 4.69) is 4.90 Å². The summed E-state index contributed by atoms with van der Waals surface area (Å²) in [5.41, 5.74) is 2.77. The molecule has 7 heteroatoms. The third-order valence-electron chi connectivity index (χ3n) is 4.84. The first kappa shape index (κ1) is 21.0. The largest absolute Gasteiger partial charge is 0.493 e. The van der Waals surface area contributed by atoms with E-state index in [1.165, 1.54) is 0 Å². The molecule has 154 valence electrons. The number of aromatic nitrogens is 2. The number of rotatable bonds is 8. The van der Waals surface area contributed by atoms with Crippen LogP contribution in [0.2, 0.25) is 5.02 Å². The van der Waals surface area contributed by atoms with Crippen molar-refractivity contribution in [2.24, 2.45) is 0 Å². The summed E-state index contributed by atoms with van der Waals surface area (Å²) in [7, 11) is 5.26. The summed E-state index contributed by atoms with van der Waals surface area (Å²) in [5, 5.41) is 0.647. The first-order chi connectivity index (χ1) is 13.9. The van der Waals surface area contributed by atoms with Crippen LogP contribution < -0.4 is 15.2 Å². The van der Waals surface area contributed by atoms with Gasteiger partial charge in [0.25, 0.3) is 0 Å². The van der Waals surface area contributed by atoms with E-state index in [-0.39, 0.29) is 5.69 Å². The maximum absolute atomic E-state index is 12.9. The zero-order valence-corrected chi connectivity index (χ0v) is 17.9. The summed E-state index contributed by atoms with van der Waals surface area (Å²) in [6.45, 7) is 3.23. The number of halogens is 1. The Balaban J connectivity index is 1.68. The van der Waals surface area contributed by atoms with Gasteiger partial charge in [0.2, 0.25) is 0 Å². The molecule has 0 radical (unpaired) electrons. The Labute approximate surface area is 175 Å². The molecular weight excluding hydrogens is 390 g/mol. The van der Waals surface area contributed by atoms with E-state index in [0.29, 0.717) is 11.7 Å². The Morgan fingerprint density at radius 3 is 2.38 bits per heavy atom. The summed E-state index contributed by atoms with van der Waals surface area (Å²) < 4.78 is 14.1. The minimum absolute atomic E-state index is 0.0669. The lowest BCUT2D eigenvalue weighted by molar-refractivity contribution is 0.267. The van der Waals surface area contributed by atoms with Gasteiger partial charge >= 0.3 is 5.69 Å². The molecule has 0 aliphatic rings. The molecule has 0 aliphatic heterocycles. The summed E-state index contributed by atoms with van der Waals surface area (Å²) in [6.07, 6.45) is 2.71. The lowest BCUT2D eigenvalue weighted by atomic mass is 10.1. The van der Waals surface area contributed by atoms with E-state index in [0.717, 1.165) is 41.4 Å². The van der Waals surface area contributed by atoms with Crippen LogP contribution in [0.4, 0.5) is 0 Å². The lowest BCUT2D eigenvalue weighted by Crippen LogP contribution is -2.31. The molecule has 0 saturated heterocycles. The third-order valence-corrected chi connectivity index (χ3v) is 5.09. The molecule has 0 N–H and O–H groups in total. The van der Waals surface area contributed by atoms with Crippen molar-refractivity contribution in [1.82, 2.24) is 14.0 Å². The molecule has 3 aromatic rings. The van der Waals surface area contributed by atoms with Crippen LogP contribution in [0, 0.1) is 6.92 Å². The van der Waals surface area contributed by atoms with Crippen LogP contribution in [0.5, 0.6) is 11.5 Å². The van der Waals surface area contributed by atoms with Gasteiger partial charge in [0.15, 0.2) is 11.5 Å². The molecule has 1 heterocycles. The number of imidazole rings is 1. The van der Waals surface area contributed by atoms with Crippen molar-refractivity contribution in [3.8, 4) is 17.2 Å². The maximum Gasteiger partial charge on any atom is 0.334 e. The molecule has 0 saturated carbocycles. The zero-order chi connectivity index (χ0) is 21.0. The number of ether oxygens (including phenoxy) is 2. The minimum Gasteiger partial charge on any atom is -0.493 e. The number of benzene rings is 2. The fraction of sp³-hybridized carbons (Fsp3) is 0.318. The van der Waals surface area contributed by atoms with Crippen LogP contribution in [0.3, 0.4) is 0 Å². The highest BCUT2D eigenvalue weighted by atomic mass is 35.5. The van der Waals surface area contributed by atoms with E-state index in [4.69, 9.17) is 21.1 Å². The van der Waals surface area contributed by atoms with E-state index in [1.807, 2.05) is 50.5 Å². The first-order valence-electron chi connectivity index (χ1n) is 9.37. The van der Waals surface area contributed by atoms with Crippen molar-refractivity contribution in [3.05, 3.63) is 75.4 Å². The van der Waals surface area contributed by atoms with Crippen molar-refractivity contribution in [1.29, 1.82) is 0 Å². The van der Waals surface area contributed by atoms with Gasteiger partial charge in [-0.2, -0.15) is 0 Å². The Hall–Kier alpha value is -2.70. The Kier molecular flexibility index (Phi) is 6.67. The highest BCUT2D eigenvalue weighted by Gasteiger charge is 2.12. The monoisotopic (exact) mass is 415 g/mol. The number of hydrogen-bond donors (Lipinski definition) is 0. The molecule has 1 aromatic heterocycles. The normalized spacial score (nSPS) is 11.1. The number of aryl methyl sites for hydroxylation is 1. The van der Waals surface area contributed by atoms with Crippen LogP contribution in [0.15, 0.2) is 53.5 Å². The van der Waals surface area contributed by atoms with Gasteiger partial charge in [0.1, 0.15) is 0 Å². The van der Waals surface area contributed by atoms with Crippen molar-refractivity contribution >= 4 is 11.6 Å². The number of methoxy groups -OCH3 is 2. The van der Waals surface area contributed by atoms with Crippen LogP contribution >= 0.6 is 11.6 Å². The van der Waals surface area contributed by atoms with Crippen LogP contribution in [0.1, 0.15) is 11.3 Å². The van der Waals surface area contributed by atoms with E-state index in [9.17, 15) is 4.79 Å². The first-order valence-corrected chi connectivity index (χ1v) is 9.75. The van der Waals surface area contributed by atoms with Crippen molar-refractivity contribution in [3.63, 3.8) is 0 Å². The van der Waals surface area contributed by atoms with Gasteiger partial charge in [0, 0.05) is 23.5 Å². The molecule has 0 amide bonds. The maximum atomic E-state index is 12.9. The summed E-state index contributed by atoms with van der Waals surface area (Å²) in [5.74, 6) is 1.44. The SMILES string of the molecule is COc1ccc(CCN(C)Cn2cc(C)n(-c3ccc(Cl)cc3)c2=O)cc1OC. The average Bonchev–Trinajstić information content (AvgIpc) is 2.99. The van der Waals surface area contributed by atoms with Gasteiger partial charge < -0.3 is 9.47 Å². The zero-order valence-electron chi connectivity index (χ0n) is 17.2. The molecule has 0 atom stereocenters. The molecule has 0 bridgehead atoms. The Morgan fingerprint density at radius 1 is 1.03 bits per heavy atom. The Bertz CT molecular complexity index is 1020. The van der Waals surface area contributed by atoms with Gasteiger partial charge in [0.05, 0.1) is 26.6 Å². The van der Waals surface area contributed by atoms with E-state index >= 15 is 0 Å². The lowest BCUT2D eigenvalue weighted by Gasteiger charge is -2.17. The van der Waals surface area contributed by atoms with Crippen LogP contribution in [-0.4, -0.2) is 41.8 Å². The fourth-order valence-corrected chi connectivity index (χ4v) is 3.44. The van der Waals surface area contributed by atoms with Gasteiger partial charge in [-0.1, -0.05) is 17.7 Å². The highest BCUT2D eigenvalue weighted by molar-refractivity contribution is 6.30. The molecule has 0 fully saturated rings. The molecule has 2 aromatic carbocycles. The standard InChI is InChI=1S/C22H26ClN3O3/c1-16-14-25(22(27)26(16)19-8-6-18(23)7-9-19)15-24(2)12-11-17-5-10-20(28-3)21(13-17)29-4/h5-10,13-14H,11-12,15H2,1-4H3. The predicted octanol–water partition coefficient (Wildman–Crippen LogP) is 3.75. The average molecular weight is 416 g/mol. The molecule has 0 spiro atoms. The van der Waals surface area contributed by atoms with Crippen LogP contribution in [-0.2, 0) is 13.1 Å². The molecular formula is C22H26ClN3O3. The van der Waals surface area contributed by atoms with E-state index < -0.39 is 0 Å². The summed E-state index contributed by atoms with van der Waals surface area (Å²) in [6, 6.07) is 13.2. The summed E-state index contributed by atoms with van der Waals surface area (Å²) in [4.78, 5) is 15.0. The van der Waals surface area contributed by atoms with Gasteiger partial charge in [-0.05, 0) is 62.4 Å². The fourth-order valence-electron chi connectivity index (χ4n) is 3.31. The van der Waals surface area contributed by atoms with E-state index in [1.54, 1.807) is 35.5 Å². The Morgan fingerprint density at radius 2 is 1.72 bits per heavy atom. The molecule has 0 aliphatic carbocycles. The second kappa shape index (κ2) is 9.20. The minimum atomic E-state index is -0.0669. The smallest absolute Gasteiger partial charge is 0.334 e. The third kappa shape index (κ3) is 4.83. The molecule has 3 rings (SSSR count). The van der Waals surface area contributed by atoms with Gasteiger partial charge in [-0.3, -0.25) is 14.0 Å². The molecule has 29 heavy (non-hydrogen) atoms. The second-order valence-corrected chi connectivity index (χ2v) is 7.43. The van der Waals surface area contributed by atoms with Crippen LogP contribution in [0.25, 0.3) is 5.69 Å². The van der Waals surface area contributed by atoms with Gasteiger partial charge in [-0.15, -0.1) is 0 Å². The predicted molar refractivity (Wildman–Crippen MR) is 116 cm³/mol.